The molecule has 0 N–H and O–H groups in total. The molecule has 2 aliphatic rings. The van der Waals surface area contributed by atoms with E-state index in [2.05, 4.69) is 52.8 Å². The predicted molar refractivity (Wildman–Crippen MR) is 104 cm³/mol. The lowest BCUT2D eigenvalue weighted by Gasteiger charge is -2.37. The van der Waals surface area contributed by atoms with E-state index in [4.69, 9.17) is 4.74 Å². The van der Waals surface area contributed by atoms with Gasteiger partial charge < -0.3 is 9.64 Å². The molecule has 0 saturated carbocycles. The summed E-state index contributed by atoms with van der Waals surface area (Å²) < 4.78 is 5.60. The first kappa shape index (κ1) is 18.7. The third-order valence-corrected chi connectivity index (χ3v) is 5.92. The molecule has 2 saturated heterocycles. The number of likely N-dealkylation sites (tertiary alicyclic amines) is 1. The normalized spacial score (nSPS) is 23.4. The molecule has 4 nitrogen and oxygen atoms in total. The molecule has 2 fully saturated rings. The first-order valence-corrected chi connectivity index (χ1v) is 10.0. The van der Waals surface area contributed by atoms with Crippen LogP contribution < -0.4 is 4.74 Å². The number of benzene rings is 1. The van der Waals surface area contributed by atoms with E-state index < -0.39 is 0 Å². The summed E-state index contributed by atoms with van der Waals surface area (Å²) in [5.74, 6) is 1.05. The molecule has 2 heterocycles. The summed E-state index contributed by atoms with van der Waals surface area (Å²) in [5, 5.41) is 0. The standard InChI is InChI=1S/C21H35N3O/c1-18(2)23-16-14-22(15-17-23)11-7-13-24-12-6-9-20(24)19-8-4-5-10-21(19)25-3/h4-5,8,10,18,20H,6-7,9,11-17H2,1-3H3/t20-/m0/s1. The quantitative estimate of drug-likeness (QED) is 0.755. The van der Waals surface area contributed by atoms with Crippen LogP contribution >= 0.6 is 0 Å². The van der Waals surface area contributed by atoms with Gasteiger partial charge in [0.1, 0.15) is 5.75 Å². The van der Waals surface area contributed by atoms with E-state index in [9.17, 15) is 0 Å². The Labute approximate surface area is 153 Å². The van der Waals surface area contributed by atoms with Crippen molar-refractivity contribution in [2.75, 3.05) is 52.9 Å². The van der Waals surface area contributed by atoms with Crippen LogP contribution in [0.15, 0.2) is 24.3 Å². The molecule has 1 aromatic carbocycles. The Kier molecular flexibility index (Phi) is 6.74. The van der Waals surface area contributed by atoms with Crippen molar-refractivity contribution in [3.63, 3.8) is 0 Å². The van der Waals surface area contributed by atoms with Crippen LogP contribution in [-0.4, -0.2) is 73.7 Å². The summed E-state index contributed by atoms with van der Waals surface area (Å²) in [4.78, 5) is 7.91. The van der Waals surface area contributed by atoms with Gasteiger partial charge in [0.15, 0.2) is 0 Å². The Hall–Kier alpha value is -1.10. The maximum Gasteiger partial charge on any atom is 0.123 e. The lowest BCUT2D eigenvalue weighted by Crippen LogP contribution is -2.49. The highest BCUT2D eigenvalue weighted by molar-refractivity contribution is 5.36. The SMILES string of the molecule is COc1ccccc1[C@@H]1CCCN1CCCN1CCN(C(C)C)CC1. The van der Waals surface area contributed by atoms with Crippen LogP contribution in [-0.2, 0) is 0 Å². The van der Waals surface area contributed by atoms with Gasteiger partial charge in [0, 0.05) is 43.8 Å². The van der Waals surface area contributed by atoms with Gasteiger partial charge in [-0.25, -0.2) is 0 Å². The van der Waals surface area contributed by atoms with E-state index in [1.54, 1.807) is 7.11 Å². The van der Waals surface area contributed by atoms with E-state index >= 15 is 0 Å². The Bertz CT molecular complexity index is 526. The lowest BCUT2D eigenvalue weighted by atomic mass is 10.0. The van der Waals surface area contributed by atoms with Crippen molar-refractivity contribution in [2.45, 2.75) is 45.2 Å². The molecule has 0 spiro atoms. The highest BCUT2D eigenvalue weighted by Gasteiger charge is 2.28. The van der Waals surface area contributed by atoms with Crippen LogP contribution in [0.25, 0.3) is 0 Å². The number of hydrogen-bond acceptors (Lipinski definition) is 4. The molecule has 0 amide bonds. The van der Waals surface area contributed by atoms with Gasteiger partial charge in [-0.2, -0.15) is 0 Å². The average Bonchev–Trinajstić information content (AvgIpc) is 3.10. The van der Waals surface area contributed by atoms with Crippen LogP contribution in [0.3, 0.4) is 0 Å². The van der Waals surface area contributed by atoms with Crippen molar-refractivity contribution in [1.82, 2.24) is 14.7 Å². The summed E-state index contributed by atoms with van der Waals surface area (Å²) >= 11 is 0. The van der Waals surface area contributed by atoms with Crippen LogP contribution in [0.1, 0.15) is 44.7 Å². The van der Waals surface area contributed by atoms with Crippen molar-refractivity contribution >= 4 is 0 Å². The summed E-state index contributed by atoms with van der Waals surface area (Å²) in [5.41, 5.74) is 1.37. The van der Waals surface area contributed by atoms with Crippen LogP contribution in [0.5, 0.6) is 5.75 Å². The number of ether oxygens (including phenoxy) is 1. The Morgan fingerprint density at radius 1 is 1.04 bits per heavy atom. The second-order valence-electron chi connectivity index (χ2n) is 7.76. The fraction of sp³-hybridized carbons (Fsp3) is 0.714. The Balaban J connectivity index is 1.47. The second kappa shape index (κ2) is 9.02. The Morgan fingerprint density at radius 2 is 1.80 bits per heavy atom. The molecule has 0 bridgehead atoms. The highest BCUT2D eigenvalue weighted by Crippen LogP contribution is 2.36. The van der Waals surface area contributed by atoms with Crippen molar-refractivity contribution < 1.29 is 4.74 Å². The molecule has 0 aliphatic carbocycles. The van der Waals surface area contributed by atoms with Crippen LogP contribution in [0, 0.1) is 0 Å². The predicted octanol–water partition coefficient (Wildman–Crippen LogP) is 3.25. The zero-order valence-corrected chi connectivity index (χ0v) is 16.3. The topological polar surface area (TPSA) is 19.0 Å². The smallest absolute Gasteiger partial charge is 0.123 e. The number of piperazine rings is 1. The minimum atomic E-state index is 0.536. The molecular weight excluding hydrogens is 310 g/mol. The van der Waals surface area contributed by atoms with E-state index in [1.807, 2.05) is 0 Å². The molecular formula is C21H35N3O. The fourth-order valence-corrected chi connectivity index (χ4v) is 4.39. The van der Waals surface area contributed by atoms with Crippen molar-refractivity contribution in [3.05, 3.63) is 29.8 Å². The molecule has 3 rings (SSSR count). The molecule has 25 heavy (non-hydrogen) atoms. The molecule has 1 atom stereocenters. The summed E-state index contributed by atoms with van der Waals surface area (Å²) in [6.45, 7) is 13.2. The maximum absolute atomic E-state index is 5.60. The van der Waals surface area contributed by atoms with Gasteiger partial charge in [-0.1, -0.05) is 18.2 Å². The van der Waals surface area contributed by atoms with Gasteiger partial charge in [0.2, 0.25) is 0 Å². The van der Waals surface area contributed by atoms with Crippen LogP contribution in [0.2, 0.25) is 0 Å². The van der Waals surface area contributed by atoms with E-state index in [0.29, 0.717) is 12.1 Å². The maximum atomic E-state index is 5.60. The number of para-hydroxylation sites is 1. The van der Waals surface area contributed by atoms with Gasteiger partial charge in [-0.05, 0) is 58.8 Å². The van der Waals surface area contributed by atoms with Crippen molar-refractivity contribution in [1.29, 1.82) is 0 Å². The molecule has 2 aliphatic heterocycles. The van der Waals surface area contributed by atoms with E-state index in [-0.39, 0.29) is 0 Å². The Morgan fingerprint density at radius 3 is 2.52 bits per heavy atom. The third-order valence-electron chi connectivity index (χ3n) is 5.92. The number of hydrogen-bond donors (Lipinski definition) is 0. The van der Waals surface area contributed by atoms with Gasteiger partial charge in [-0.15, -0.1) is 0 Å². The molecule has 1 aromatic rings. The first-order chi connectivity index (χ1) is 12.2. The summed E-state index contributed by atoms with van der Waals surface area (Å²) in [6, 6.07) is 9.77. The van der Waals surface area contributed by atoms with Gasteiger partial charge >= 0.3 is 0 Å². The van der Waals surface area contributed by atoms with Crippen molar-refractivity contribution in [2.24, 2.45) is 0 Å². The number of nitrogens with zero attached hydrogens (tertiary/aromatic N) is 3. The first-order valence-electron chi connectivity index (χ1n) is 10.0. The zero-order chi connectivity index (χ0) is 17.6. The lowest BCUT2D eigenvalue weighted by molar-refractivity contribution is 0.104. The number of methoxy groups -OCH3 is 1. The minimum Gasteiger partial charge on any atom is -0.496 e. The van der Waals surface area contributed by atoms with Gasteiger partial charge in [-0.3, -0.25) is 9.80 Å². The second-order valence-corrected chi connectivity index (χ2v) is 7.76. The number of rotatable bonds is 7. The molecule has 0 unspecified atom stereocenters. The molecule has 0 aromatic heterocycles. The third kappa shape index (κ3) is 4.75. The summed E-state index contributed by atoms with van der Waals surface area (Å²) in [7, 11) is 1.79. The zero-order valence-electron chi connectivity index (χ0n) is 16.3. The molecule has 0 radical (unpaired) electrons. The van der Waals surface area contributed by atoms with Crippen molar-refractivity contribution in [3.8, 4) is 5.75 Å². The average molecular weight is 346 g/mol. The molecule has 140 valence electrons. The van der Waals surface area contributed by atoms with Gasteiger partial charge in [0.25, 0.3) is 0 Å². The minimum absolute atomic E-state index is 0.536. The van der Waals surface area contributed by atoms with Gasteiger partial charge in [0.05, 0.1) is 7.11 Å². The van der Waals surface area contributed by atoms with Crippen LogP contribution in [0.4, 0.5) is 0 Å². The molecule has 4 heteroatoms. The fourth-order valence-electron chi connectivity index (χ4n) is 4.39. The van der Waals surface area contributed by atoms with E-state index in [0.717, 1.165) is 5.75 Å². The van der Waals surface area contributed by atoms with E-state index in [1.165, 1.54) is 70.6 Å². The monoisotopic (exact) mass is 345 g/mol. The largest absolute Gasteiger partial charge is 0.496 e. The highest BCUT2D eigenvalue weighted by atomic mass is 16.5. The summed E-state index contributed by atoms with van der Waals surface area (Å²) in [6.07, 6.45) is 3.83.